The summed E-state index contributed by atoms with van der Waals surface area (Å²) in [5.41, 5.74) is 3.82. The number of hydrogen-bond acceptors (Lipinski definition) is 7. The molecule has 33 heavy (non-hydrogen) atoms. The van der Waals surface area contributed by atoms with Gasteiger partial charge in [-0.05, 0) is 72.1 Å². The molecule has 4 rings (SSSR count). The van der Waals surface area contributed by atoms with Crippen molar-refractivity contribution >= 4 is 17.1 Å². The first-order chi connectivity index (χ1) is 15.6. The van der Waals surface area contributed by atoms with Crippen molar-refractivity contribution in [1.29, 1.82) is 0 Å². The van der Waals surface area contributed by atoms with Gasteiger partial charge < -0.3 is 29.0 Å². The topological polar surface area (TPSA) is 114 Å². The number of aromatic amines is 1. The van der Waals surface area contributed by atoms with Crippen LogP contribution in [0.2, 0.25) is 0 Å². The summed E-state index contributed by atoms with van der Waals surface area (Å²) in [6.07, 6.45) is 0.0819. The van der Waals surface area contributed by atoms with Crippen molar-refractivity contribution in [3.8, 4) is 17.1 Å². The van der Waals surface area contributed by atoms with E-state index in [9.17, 15) is 9.90 Å². The molecule has 1 aliphatic rings. The molecule has 2 unspecified atom stereocenters. The molecular weight excluding hydrogens is 424 g/mol. The van der Waals surface area contributed by atoms with E-state index in [-0.39, 0.29) is 0 Å². The Labute approximate surface area is 193 Å². The summed E-state index contributed by atoms with van der Waals surface area (Å²) < 4.78 is 16.5. The Morgan fingerprint density at radius 1 is 1.36 bits per heavy atom. The average molecular weight is 457 g/mol. The van der Waals surface area contributed by atoms with Crippen LogP contribution in [0.15, 0.2) is 16.7 Å². The zero-order chi connectivity index (χ0) is 23.9. The maximum absolute atomic E-state index is 12.8. The van der Waals surface area contributed by atoms with E-state index in [2.05, 4.69) is 15.1 Å². The first kappa shape index (κ1) is 23.1. The van der Waals surface area contributed by atoms with E-state index in [1.807, 2.05) is 53.7 Å². The lowest BCUT2D eigenvalue weighted by Gasteiger charge is -2.31. The Balaban J connectivity index is 1.78. The number of imidazole rings is 1. The lowest BCUT2D eigenvalue weighted by Crippen LogP contribution is -2.42. The zero-order valence-corrected chi connectivity index (χ0v) is 20.1. The van der Waals surface area contributed by atoms with Crippen molar-refractivity contribution < 1.29 is 23.9 Å². The minimum absolute atomic E-state index is 0.382. The number of benzene rings is 1. The second kappa shape index (κ2) is 8.70. The number of ether oxygens (including phenoxy) is 2. The summed E-state index contributed by atoms with van der Waals surface area (Å²) in [6.45, 7) is 12.1. The molecule has 1 fully saturated rings. The smallest absolute Gasteiger partial charge is 0.410 e. The Bertz CT molecular complexity index is 1140. The standard InChI is InChI=1S/C24H32N4O5/c1-7-31-22-25-17-12-15(19-13(2)27-33-14(19)3)11-16(20(17)26-22)21(29)18-9-8-10-28(18)23(30)32-24(4,5)6/h11-12,18,21,29H,7-10H2,1-6H3,(H,25,26). The van der Waals surface area contributed by atoms with Gasteiger partial charge in [-0.25, -0.2) is 4.79 Å². The molecule has 0 spiro atoms. The minimum Gasteiger partial charge on any atom is -0.465 e. The lowest BCUT2D eigenvalue weighted by atomic mass is 9.94. The highest BCUT2D eigenvalue weighted by Gasteiger charge is 2.38. The number of carbonyl (C=O) groups excluding carboxylic acids is 1. The molecule has 178 valence electrons. The van der Waals surface area contributed by atoms with Gasteiger partial charge in [0, 0.05) is 17.7 Å². The molecule has 3 heterocycles. The highest BCUT2D eigenvalue weighted by molar-refractivity contribution is 5.87. The number of likely N-dealkylation sites (tertiary alicyclic amines) is 1. The summed E-state index contributed by atoms with van der Waals surface area (Å²) in [6, 6.07) is 3.82. The molecule has 0 bridgehead atoms. The third-order valence-electron chi connectivity index (χ3n) is 5.81. The van der Waals surface area contributed by atoms with Crippen molar-refractivity contribution in [2.75, 3.05) is 13.2 Å². The number of aliphatic hydroxyl groups excluding tert-OH is 1. The second-order valence-corrected chi connectivity index (χ2v) is 9.46. The largest absolute Gasteiger partial charge is 0.465 e. The van der Waals surface area contributed by atoms with Gasteiger partial charge in [-0.1, -0.05) is 5.16 Å². The summed E-state index contributed by atoms with van der Waals surface area (Å²) >= 11 is 0. The van der Waals surface area contributed by atoms with E-state index in [1.54, 1.807) is 4.90 Å². The molecule has 2 atom stereocenters. The fourth-order valence-corrected chi connectivity index (χ4v) is 4.47. The fourth-order valence-electron chi connectivity index (χ4n) is 4.47. The molecule has 1 saturated heterocycles. The third kappa shape index (κ3) is 4.55. The maximum atomic E-state index is 12.8. The van der Waals surface area contributed by atoms with Crippen molar-refractivity contribution in [3.63, 3.8) is 0 Å². The molecule has 1 aliphatic heterocycles. The second-order valence-electron chi connectivity index (χ2n) is 9.46. The van der Waals surface area contributed by atoms with E-state index in [1.165, 1.54) is 0 Å². The summed E-state index contributed by atoms with van der Waals surface area (Å²) in [4.78, 5) is 22.2. The molecule has 1 amide bonds. The fraction of sp³-hybridized carbons (Fsp3) is 0.542. The van der Waals surface area contributed by atoms with Crippen LogP contribution in [0.3, 0.4) is 0 Å². The van der Waals surface area contributed by atoms with Crippen LogP contribution >= 0.6 is 0 Å². The first-order valence-electron chi connectivity index (χ1n) is 11.4. The van der Waals surface area contributed by atoms with E-state index in [0.29, 0.717) is 42.4 Å². The van der Waals surface area contributed by atoms with E-state index < -0.39 is 23.8 Å². The third-order valence-corrected chi connectivity index (χ3v) is 5.81. The van der Waals surface area contributed by atoms with Crippen molar-refractivity contribution in [2.45, 2.75) is 72.1 Å². The summed E-state index contributed by atoms with van der Waals surface area (Å²) in [7, 11) is 0. The van der Waals surface area contributed by atoms with Crippen LogP contribution in [-0.4, -0.2) is 56.0 Å². The number of fused-ring (bicyclic) bond motifs is 1. The minimum atomic E-state index is -0.958. The number of H-pyrrole nitrogens is 1. The van der Waals surface area contributed by atoms with Crippen molar-refractivity contribution in [2.24, 2.45) is 0 Å². The first-order valence-corrected chi connectivity index (χ1v) is 11.4. The number of aryl methyl sites for hydroxylation is 2. The van der Waals surface area contributed by atoms with Crippen LogP contribution in [0.1, 0.15) is 63.7 Å². The Morgan fingerprint density at radius 3 is 2.76 bits per heavy atom. The molecule has 2 aromatic heterocycles. The quantitative estimate of drug-likeness (QED) is 0.574. The molecule has 1 aromatic carbocycles. The summed E-state index contributed by atoms with van der Waals surface area (Å²) in [5, 5.41) is 15.6. The van der Waals surface area contributed by atoms with Crippen LogP contribution in [0.5, 0.6) is 6.01 Å². The van der Waals surface area contributed by atoms with Gasteiger partial charge >= 0.3 is 6.09 Å². The number of rotatable bonds is 5. The monoisotopic (exact) mass is 456 g/mol. The van der Waals surface area contributed by atoms with Crippen LogP contribution in [0.4, 0.5) is 4.79 Å². The lowest BCUT2D eigenvalue weighted by molar-refractivity contribution is 0.00510. The molecule has 9 nitrogen and oxygen atoms in total. The van der Waals surface area contributed by atoms with Crippen LogP contribution < -0.4 is 4.74 Å². The van der Waals surface area contributed by atoms with Gasteiger partial charge in [0.15, 0.2) is 0 Å². The summed E-state index contributed by atoms with van der Waals surface area (Å²) in [5.74, 6) is 0.688. The van der Waals surface area contributed by atoms with Crippen LogP contribution in [0.25, 0.3) is 22.2 Å². The van der Waals surface area contributed by atoms with Gasteiger partial charge in [0.1, 0.15) is 17.5 Å². The van der Waals surface area contributed by atoms with Gasteiger partial charge in [0.05, 0.1) is 29.4 Å². The molecule has 2 N–H and O–H groups in total. The SMILES string of the molecule is CCOc1nc2c(C(O)C3CCCN3C(=O)OC(C)(C)C)cc(-c3c(C)noc3C)cc2[nH]1. The molecule has 0 saturated carbocycles. The van der Waals surface area contributed by atoms with E-state index in [0.717, 1.165) is 28.8 Å². The van der Waals surface area contributed by atoms with Gasteiger partial charge in [-0.15, -0.1) is 0 Å². The number of amides is 1. The van der Waals surface area contributed by atoms with Gasteiger partial charge in [0.25, 0.3) is 6.01 Å². The van der Waals surface area contributed by atoms with Crippen molar-refractivity contribution in [1.82, 2.24) is 20.0 Å². The van der Waals surface area contributed by atoms with Crippen LogP contribution in [0, 0.1) is 13.8 Å². The Kier molecular flexibility index (Phi) is 6.09. The molecule has 0 radical (unpaired) electrons. The molecule has 0 aliphatic carbocycles. The van der Waals surface area contributed by atoms with Gasteiger partial charge in [-0.2, -0.15) is 4.98 Å². The van der Waals surface area contributed by atoms with Gasteiger partial charge in [-0.3, -0.25) is 0 Å². The number of nitrogens with one attached hydrogen (secondary N) is 1. The number of aliphatic hydroxyl groups is 1. The number of nitrogens with zero attached hydrogens (tertiary/aromatic N) is 3. The Hall–Kier alpha value is -3.07. The predicted octanol–water partition coefficient (Wildman–Crippen LogP) is 4.67. The number of hydrogen-bond donors (Lipinski definition) is 2. The highest BCUT2D eigenvalue weighted by Crippen LogP contribution is 2.38. The normalized spacial score (nSPS) is 17.5. The van der Waals surface area contributed by atoms with E-state index in [4.69, 9.17) is 14.0 Å². The van der Waals surface area contributed by atoms with E-state index >= 15 is 0 Å². The number of carbonyl (C=O) groups is 1. The highest BCUT2D eigenvalue weighted by atomic mass is 16.6. The van der Waals surface area contributed by atoms with Crippen molar-refractivity contribution in [3.05, 3.63) is 29.2 Å². The molecule has 9 heteroatoms. The van der Waals surface area contributed by atoms with Crippen LogP contribution in [-0.2, 0) is 4.74 Å². The Morgan fingerprint density at radius 2 is 2.12 bits per heavy atom. The zero-order valence-electron chi connectivity index (χ0n) is 20.1. The maximum Gasteiger partial charge on any atom is 0.410 e. The van der Waals surface area contributed by atoms with Gasteiger partial charge in [0.2, 0.25) is 0 Å². The predicted molar refractivity (Wildman–Crippen MR) is 123 cm³/mol. The molecule has 3 aromatic rings. The molecular formula is C24H32N4O5. The average Bonchev–Trinajstić information content (AvgIpc) is 3.44. The number of aromatic nitrogens is 3.